The summed E-state index contributed by atoms with van der Waals surface area (Å²) in [7, 11) is 0. The van der Waals surface area contributed by atoms with Crippen LogP contribution in [0.15, 0.2) is 52.6 Å². The zero-order chi connectivity index (χ0) is 19.1. The average Bonchev–Trinajstić information content (AvgIpc) is 3.33. The number of imidazole rings is 1. The summed E-state index contributed by atoms with van der Waals surface area (Å²) in [5, 5.41) is 8.36. The molecule has 1 aliphatic heterocycles. The molecule has 7 heteroatoms. The first-order chi connectivity index (χ1) is 13.6. The molecule has 6 nitrogen and oxygen atoms in total. The number of fused-ring (bicyclic) bond motifs is 1. The first kappa shape index (κ1) is 17.6. The predicted molar refractivity (Wildman–Crippen MR) is 113 cm³/mol. The Bertz CT molecular complexity index is 1020. The van der Waals surface area contributed by atoms with Crippen molar-refractivity contribution in [2.24, 2.45) is 5.41 Å². The molecule has 0 amide bonds. The minimum absolute atomic E-state index is 0.162. The molecule has 144 valence electrons. The predicted octanol–water partition coefficient (Wildman–Crippen LogP) is 4.25. The summed E-state index contributed by atoms with van der Waals surface area (Å²) >= 11 is 1.65. The van der Waals surface area contributed by atoms with Crippen LogP contribution in [0.25, 0.3) is 5.65 Å². The number of piperidine rings is 1. The highest BCUT2D eigenvalue weighted by Gasteiger charge is 2.41. The van der Waals surface area contributed by atoms with Crippen LogP contribution in [0.4, 0.5) is 11.6 Å². The van der Waals surface area contributed by atoms with Gasteiger partial charge in [-0.05, 0) is 56.4 Å². The molecule has 0 unspecified atom stereocenters. The summed E-state index contributed by atoms with van der Waals surface area (Å²) in [5.41, 5.74) is 8.63. The summed E-state index contributed by atoms with van der Waals surface area (Å²) in [6.07, 6.45) is 11.2. The van der Waals surface area contributed by atoms with Gasteiger partial charge in [-0.3, -0.25) is 4.40 Å². The van der Waals surface area contributed by atoms with Gasteiger partial charge in [-0.25, -0.2) is 9.97 Å². The number of anilines is 2. The van der Waals surface area contributed by atoms with Crippen molar-refractivity contribution in [2.45, 2.75) is 41.9 Å². The molecule has 1 aromatic carbocycles. The second-order valence-corrected chi connectivity index (χ2v) is 8.93. The van der Waals surface area contributed by atoms with Crippen LogP contribution in [-0.4, -0.2) is 33.2 Å². The van der Waals surface area contributed by atoms with Gasteiger partial charge in [0.1, 0.15) is 0 Å². The van der Waals surface area contributed by atoms with Crippen molar-refractivity contribution < 1.29 is 0 Å². The first-order valence-corrected chi connectivity index (χ1v) is 10.6. The van der Waals surface area contributed by atoms with Crippen LogP contribution in [0.1, 0.15) is 32.1 Å². The summed E-state index contributed by atoms with van der Waals surface area (Å²) in [6, 6.07) is 7.87. The Balaban J connectivity index is 1.40. The van der Waals surface area contributed by atoms with Crippen molar-refractivity contribution in [3.63, 3.8) is 0 Å². The van der Waals surface area contributed by atoms with Gasteiger partial charge in [0.25, 0.3) is 0 Å². The van der Waals surface area contributed by atoms with Gasteiger partial charge in [0.2, 0.25) is 5.95 Å². The lowest BCUT2D eigenvalue weighted by atomic mass is 9.76. The standard InChI is InChI=1S/C21H24N6S/c22-15-3-5-16(6-4-15)28-17-14-25-20(27-13-10-24-19(17)27)26-11-8-21(9-12-26)7-1-2-18(21)23/h3-6,10,13-14,23H,1-2,7-9,11-12,22H2. The fourth-order valence-electron chi connectivity index (χ4n) is 4.56. The summed E-state index contributed by atoms with van der Waals surface area (Å²) in [4.78, 5) is 13.9. The van der Waals surface area contributed by atoms with E-state index in [1.54, 1.807) is 11.8 Å². The van der Waals surface area contributed by atoms with Gasteiger partial charge in [-0.15, -0.1) is 0 Å². The molecule has 2 aromatic heterocycles. The molecule has 1 spiro atoms. The molecule has 1 aliphatic carbocycles. The highest BCUT2D eigenvalue weighted by atomic mass is 32.2. The third-order valence-electron chi connectivity index (χ3n) is 6.21. The van der Waals surface area contributed by atoms with Crippen molar-refractivity contribution in [1.29, 1.82) is 5.41 Å². The van der Waals surface area contributed by atoms with E-state index in [0.29, 0.717) is 0 Å². The van der Waals surface area contributed by atoms with Gasteiger partial charge in [0, 0.05) is 53.4 Å². The Morgan fingerprint density at radius 2 is 1.86 bits per heavy atom. The number of benzene rings is 1. The molecule has 0 radical (unpaired) electrons. The highest BCUT2D eigenvalue weighted by molar-refractivity contribution is 7.99. The van der Waals surface area contributed by atoms with Crippen LogP contribution in [-0.2, 0) is 0 Å². The second kappa shape index (κ2) is 6.81. The summed E-state index contributed by atoms with van der Waals surface area (Å²) in [5.74, 6) is 0.952. The normalized spacial score (nSPS) is 19.0. The topological polar surface area (TPSA) is 83.3 Å². The quantitative estimate of drug-likeness (QED) is 0.651. The van der Waals surface area contributed by atoms with Crippen LogP contribution in [0.5, 0.6) is 0 Å². The lowest BCUT2D eigenvalue weighted by Crippen LogP contribution is -2.43. The molecular weight excluding hydrogens is 368 g/mol. The number of nitrogens with zero attached hydrogens (tertiary/aromatic N) is 4. The monoisotopic (exact) mass is 392 g/mol. The Labute approximate surface area is 168 Å². The van der Waals surface area contributed by atoms with Gasteiger partial charge >= 0.3 is 0 Å². The van der Waals surface area contributed by atoms with Crippen LogP contribution >= 0.6 is 11.8 Å². The van der Waals surface area contributed by atoms with Gasteiger partial charge in [0.15, 0.2) is 5.65 Å². The third-order valence-corrected chi connectivity index (χ3v) is 7.22. The van der Waals surface area contributed by atoms with Crippen LogP contribution in [0.2, 0.25) is 0 Å². The fraction of sp³-hybridized carbons (Fsp3) is 0.381. The molecule has 2 aliphatic rings. The average molecular weight is 393 g/mol. The molecular formula is C21H24N6S. The number of nitrogens with one attached hydrogen (secondary N) is 1. The molecule has 1 saturated carbocycles. The number of nitrogens with two attached hydrogens (primary N) is 1. The lowest BCUT2D eigenvalue weighted by molar-refractivity contribution is 0.316. The zero-order valence-corrected chi connectivity index (χ0v) is 16.6. The lowest BCUT2D eigenvalue weighted by Gasteiger charge is -2.40. The van der Waals surface area contributed by atoms with Crippen molar-refractivity contribution in [2.75, 3.05) is 23.7 Å². The van der Waals surface area contributed by atoms with E-state index in [9.17, 15) is 0 Å². The van der Waals surface area contributed by atoms with E-state index in [1.165, 1.54) is 12.8 Å². The maximum Gasteiger partial charge on any atom is 0.211 e. The summed E-state index contributed by atoms with van der Waals surface area (Å²) in [6.45, 7) is 1.90. The van der Waals surface area contributed by atoms with Crippen molar-refractivity contribution >= 4 is 34.8 Å². The number of aromatic nitrogens is 3. The Hall–Kier alpha value is -2.54. The molecule has 2 fully saturated rings. The van der Waals surface area contributed by atoms with E-state index < -0.39 is 0 Å². The second-order valence-electron chi connectivity index (χ2n) is 7.81. The van der Waals surface area contributed by atoms with E-state index in [2.05, 4.69) is 14.3 Å². The van der Waals surface area contributed by atoms with Crippen LogP contribution in [0, 0.1) is 10.8 Å². The van der Waals surface area contributed by atoms with E-state index in [1.807, 2.05) is 42.9 Å². The number of hydrogen-bond acceptors (Lipinski definition) is 6. The van der Waals surface area contributed by atoms with Crippen LogP contribution in [0.3, 0.4) is 0 Å². The van der Waals surface area contributed by atoms with Gasteiger partial charge < -0.3 is 16.0 Å². The molecule has 0 atom stereocenters. The van der Waals surface area contributed by atoms with E-state index in [4.69, 9.17) is 16.1 Å². The van der Waals surface area contributed by atoms with Crippen molar-refractivity contribution in [3.05, 3.63) is 42.9 Å². The SMILES string of the molecule is N=C1CCCC12CCN(c1ncc(Sc3ccc(N)cc3)c3nccn13)CC2. The number of rotatable bonds is 3. The third kappa shape index (κ3) is 2.94. The largest absolute Gasteiger partial charge is 0.399 e. The zero-order valence-electron chi connectivity index (χ0n) is 15.8. The van der Waals surface area contributed by atoms with Gasteiger partial charge in [-0.2, -0.15) is 0 Å². The van der Waals surface area contributed by atoms with E-state index >= 15 is 0 Å². The smallest absolute Gasteiger partial charge is 0.211 e. The molecule has 3 aromatic rings. The fourth-order valence-corrected chi connectivity index (χ4v) is 5.43. The Morgan fingerprint density at radius 3 is 2.57 bits per heavy atom. The maximum absolute atomic E-state index is 8.36. The van der Waals surface area contributed by atoms with Crippen molar-refractivity contribution in [1.82, 2.24) is 14.4 Å². The molecule has 3 N–H and O–H groups in total. The van der Waals surface area contributed by atoms with Crippen LogP contribution < -0.4 is 10.6 Å². The van der Waals surface area contributed by atoms with Gasteiger partial charge in [-0.1, -0.05) is 11.8 Å². The Morgan fingerprint density at radius 1 is 1.07 bits per heavy atom. The minimum atomic E-state index is 0.162. The number of hydrogen-bond donors (Lipinski definition) is 2. The van der Waals surface area contributed by atoms with E-state index in [-0.39, 0.29) is 5.41 Å². The highest BCUT2D eigenvalue weighted by Crippen LogP contribution is 2.44. The molecule has 28 heavy (non-hydrogen) atoms. The molecule has 0 bridgehead atoms. The molecule has 5 rings (SSSR count). The van der Waals surface area contributed by atoms with Gasteiger partial charge in [0.05, 0.1) is 4.90 Å². The Kier molecular flexibility index (Phi) is 4.27. The summed E-state index contributed by atoms with van der Waals surface area (Å²) < 4.78 is 2.09. The molecule has 1 saturated heterocycles. The van der Waals surface area contributed by atoms with E-state index in [0.717, 1.165) is 65.1 Å². The number of nitrogen functional groups attached to an aromatic ring is 1. The first-order valence-electron chi connectivity index (χ1n) is 9.83. The maximum atomic E-state index is 8.36. The van der Waals surface area contributed by atoms with Crippen molar-refractivity contribution in [3.8, 4) is 0 Å². The molecule has 3 heterocycles. The minimum Gasteiger partial charge on any atom is -0.399 e.